The maximum atomic E-state index is 12.5. The molecule has 0 aromatic heterocycles. The topological polar surface area (TPSA) is 75.3 Å². The minimum Gasteiger partial charge on any atom is -0.307 e. The summed E-state index contributed by atoms with van der Waals surface area (Å²) in [6, 6.07) is 11.8. The molecule has 0 heterocycles. The van der Waals surface area contributed by atoms with E-state index in [1.54, 1.807) is 0 Å². The van der Waals surface area contributed by atoms with E-state index in [4.69, 9.17) is 0 Å². The zero-order chi connectivity index (χ0) is 21.0. The molecule has 2 amide bonds. The highest BCUT2D eigenvalue weighted by Gasteiger charge is 2.25. The average Bonchev–Trinajstić information content (AvgIpc) is 3.37. The van der Waals surface area contributed by atoms with Crippen LogP contribution in [0.3, 0.4) is 0 Å². The van der Waals surface area contributed by atoms with Crippen LogP contribution < -0.4 is 10.0 Å². The van der Waals surface area contributed by atoms with Crippen molar-refractivity contribution in [2.45, 2.75) is 64.2 Å². The van der Waals surface area contributed by atoms with Crippen LogP contribution in [0.25, 0.3) is 0 Å². The molecule has 0 bridgehead atoms. The molecule has 6 heteroatoms. The molecule has 0 saturated heterocycles. The van der Waals surface area contributed by atoms with E-state index in [1.807, 2.05) is 18.2 Å². The molecule has 0 aliphatic heterocycles. The summed E-state index contributed by atoms with van der Waals surface area (Å²) in [5.74, 6) is -0.0276. The summed E-state index contributed by atoms with van der Waals surface area (Å²) in [6.45, 7) is 0. The highest BCUT2D eigenvalue weighted by molar-refractivity contribution is 7.90. The van der Waals surface area contributed by atoms with Gasteiger partial charge >= 0.3 is 6.03 Å². The third-order valence-electron chi connectivity index (χ3n) is 6.18. The predicted octanol–water partition coefficient (Wildman–Crippen LogP) is 4.53. The maximum Gasteiger partial charge on any atom is 0.332 e. The van der Waals surface area contributed by atoms with Gasteiger partial charge in [-0.05, 0) is 85.6 Å². The second-order valence-corrected chi connectivity index (χ2v) is 10.2. The third-order valence-corrected chi connectivity index (χ3v) is 7.50. The Morgan fingerprint density at radius 1 is 0.867 bits per heavy atom. The smallest absolute Gasteiger partial charge is 0.307 e. The lowest BCUT2D eigenvalue weighted by molar-refractivity contribution is 0.256. The van der Waals surface area contributed by atoms with E-state index in [0.717, 1.165) is 63.5 Å². The normalized spacial score (nSPS) is 14.9. The van der Waals surface area contributed by atoms with Crippen molar-refractivity contribution in [2.24, 2.45) is 0 Å². The molecular weight excluding hydrogens is 396 g/mol. The van der Waals surface area contributed by atoms with E-state index in [0.29, 0.717) is 6.42 Å². The molecule has 2 aliphatic carbocycles. The number of anilines is 1. The minimum atomic E-state index is -3.64. The summed E-state index contributed by atoms with van der Waals surface area (Å²) >= 11 is 0. The Morgan fingerprint density at radius 2 is 1.53 bits per heavy atom. The number of benzene rings is 2. The predicted molar refractivity (Wildman–Crippen MR) is 120 cm³/mol. The number of fused-ring (bicyclic) bond motifs is 2. The molecular formula is C24H30N2O3S. The van der Waals surface area contributed by atoms with Crippen LogP contribution in [-0.2, 0) is 42.1 Å². The first kappa shape index (κ1) is 20.9. The van der Waals surface area contributed by atoms with Gasteiger partial charge in [0.25, 0.3) is 0 Å². The molecule has 0 atom stereocenters. The molecule has 0 unspecified atom stereocenters. The fourth-order valence-electron chi connectivity index (χ4n) is 4.74. The number of carbonyl (C=O) groups is 1. The highest BCUT2D eigenvalue weighted by atomic mass is 32.2. The molecule has 2 aromatic carbocycles. The molecule has 2 aromatic rings. The van der Waals surface area contributed by atoms with Crippen LogP contribution in [-0.4, -0.2) is 20.2 Å². The number of hydrogen-bond donors (Lipinski definition) is 2. The van der Waals surface area contributed by atoms with E-state index in [2.05, 4.69) is 28.2 Å². The van der Waals surface area contributed by atoms with Crippen molar-refractivity contribution >= 4 is 21.7 Å². The molecule has 0 spiro atoms. The number of unbranched alkanes of at least 4 members (excludes halogenated alkanes) is 2. The molecule has 160 valence electrons. The Hall–Kier alpha value is -2.34. The maximum absolute atomic E-state index is 12.5. The lowest BCUT2D eigenvalue weighted by Crippen LogP contribution is -2.36. The summed E-state index contributed by atoms with van der Waals surface area (Å²) in [7, 11) is -3.64. The van der Waals surface area contributed by atoms with Crippen molar-refractivity contribution in [3.8, 4) is 0 Å². The largest absolute Gasteiger partial charge is 0.332 e. The van der Waals surface area contributed by atoms with Gasteiger partial charge in [-0.25, -0.2) is 17.9 Å². The first-order valence-electron chi connectivity index (χ1n) is 11.0. The molecule has 30 heavy (non-hydrogen) atoms. The number of hydrogen-bond acceptors (Lipinski definition) is 3. The lowest BCUT2D eigenvalue weighted by atomic mass is 9.99. The lowest BCUT2D eigenvalue weighted by Gasteiger charge is -2.16. The van der Waals surface area contributed by atoms with Crippen molar-refractivity contribution in [3.05, 3.63) is 64.2 Å². The van der Waals surface area contributed by atoms with Gasteiger partial charge in [0.2, 0.25) is 10.0 Å². The molecule has 5 nitrogen and oxygen atoms in total. The number of urea groups is 1. The van der Waals surface area contributed by atoms with Crippen LogP contribution in [0.15, 0.2) is 36.4 Å². The van der Waals surface area contributed by atoms with Crippen molar-refractivity contribution in [3.63, 3.8) is 0 Å². The van der Waals surface area contributed by atoms with Crippen molar-refractivity contribution in [1.82, 2.24) is 4.72 Å². The van der Waals surface area contributed by atoms with Crippen molar-refractivity contribution in [2.75, 3.05) is 11.1 Å². The van der Waals surface area contributed by atoms with Crippen LogP contribution in [0, 0.1) is 0 Å². The monoisotopic (exact) mass is 426 g/mol. The van der Waals surface area contributed by atoms with Gasteiger partial charge in [0.05, 0.1) is 5.75 Å². The standard InChI is InChI=1S/C24H30N2O3S/c27-24(25-23-21-14-7-12-19(21)17-20-13-8-15-22(20)23)26-30(28,29)16-6-2-5-11-18-9-3-1-4-10-18/h1,3-4,9-10,17H,2,5-8,11-16H2,(H2,25,26,27). The Kier molecular flexibility index (Phi) is 6.42. The quantitative estimate of drug-likeness (QED) is 0.609. The number of carbonyl (C=O) groups excluding carboxylic acids is 1. The second kappa shape index (κ2) is 9.21. The van der Waals surface area contributed by atoms with E-state index >= 15 is 0 Å². The number of rotatable bonds is 8. The Morgan fingerprint density at radius 3 is 2.20 bits per heavy atom. The molecule has 2 aliphatic rings. The van der Waals surface area contributed by atoms with Crippen molar-refractivity contribution in [1.29, 1.82) is 0 Å². The van der Waals surface area contributed by atoms with E-state index in [9.17, 15) is 13.2 Å². The van der Waals surface area contributed by atoms with Crippen molar-refractivity contribution < 1.29 is 13.2 Å². The van der Waals surface area contributed by atoms with Crippen LogP contribution >= 0.6 is 0 Å². The zero-order valence-electron chi connectivity index (χ0n) is 17.4. The Balaban J connectivity index is 1.29. The van der Waals surface area contributed by atoms with Gasteiger partial charge in [0.15, 0.2) is 0 Å². The second-order valence-electron chi connectivity index (χ2n) is 8.41. The first-order chi connectivity index (χ1) is 14.5. The van der Waals surface area contributed by atoms with Crippen LogP contribution in [0.2, 0.25) is 0 Å². The van der Waals surface area contributed by atoms with Gasteiger partial charge in [0, 0.05) is 5.69 Å². The molecule has 0 saturated carbocycles. The van der Waals surface area contributed by atoms with Gasteiger partial charge in [-0.3, -0.25) is 0 Å². The average molecular weight is 427 g/mol. The first-order valence-corrected chi connectivity index (χ1v) is 12.7. The minimum absolute atomic E-state index is 0.0276. The van der Waals surface area contributed by atoms with E-state index < -0.39 is 16.1 Å². The number of nitrogens with one attached hydrogen (secondary N) is 2. The van der Waals surface area contributed by atoms with Gasteiger partial charge in [0.1, 0.15) is 0 Å². The highest BCUT2D eigenvalue weighted by Crippen LogP contribution is 2.38. The number of amides is 2. The molecule has 0 radical (unpaired) electrons. The number of aryl methyl sites for hydroxylation is 3. The SMILES string of the molecule is O=C(Nc1c2c(cc3c1CCC3)CCC2)NS(=O)(=O)CCCCCc1ccccc1. The van der Waals surface area contributed by atoms with Gasteiger partial charge in [-0.1, -0.05) is 42.8 Å². The fourth-order valence-corrected chi connectivity index (χ4v) is 5.76. The Labute approximate surface area is 179 Å². The molecule has 0 fully saturated rings. The number of sulfonamides is 1. The zero-order valence-corrected chi connectivity index (χ0v) is 18.2. The molecule has 4 rings (SSSR count). The van der Waals surface area contributed by atoms with E-state index in [-0.39, 0.29) is 5.75 Å². The summed E-state index contributed by atoms with van der Waals surface area (Å²) in [6.07, 6.45) is 9.42. The summed E-state index contributed by atoms with van der Waals surface area (Å²) < 4.78 is 26.9. The third kappa shape index (κ3) is 5.04. The van der Waals surface area contributed by atoms with Gasteiger partial charge in [-0.15, -0.1) is 0 Å². The fraction of sp³-hybridized carbons (Fsp3) is 0.458. The summed E-state index contributed by atoms with van der Waals surface area (Å²) in [5.41, 5.74) is 7.15. The summed E-state index contributed by atoms with van der Waals surface area (Å²) in [5, 5.41) is 2.89. The molecule has 2 N–H and O–H groups in total. The van der Waals surface area contributed by atoms with Gasteiger partial charge < -0.3 is 5.32 Å². The van der Waals surface area contributed by atoms with Crippen LogP contribution in [0.1, 0.15) is 59.9 Å². The Bertz CT molecular complexity index is 984. The van der Waals surface area contributed by atoms with Crippen LogP contribution in [0.4, 0.5) is 10.5 Å². The van der Waals surface area contributed by atoms with Gasteiger partial charge in [-0.2, -0.15) is 0 Å². The van der Waals surface area contributed by atoms with Crippen LogP contribution in [0.5, 0.6) is 0 Å². The summed E-state index contributed by atoms with van der Waals surface area (Å²) in [4.78, 5) is 12.5. The van der Waals surface area contributed by atoms with E-state index in [1.165, 1.54) is 27.8 Å².